The molecule has 0 aliphatic rings. The average molecular weight is 396 g/mol. The second-order valence-electron chi connectivity index (χ2n) is 7.85. The molecule has 0 saturated carbocycles. The topological polar surface area (TPSA) is 25.8 Å². The first-order valence-electron chi connectivity index (χ1n) is 10.6. The van der Waals surface area contributed by atoms with Gasteiger partial charge >= 0.3 is 0 Å². The Morgan fingerprint density at radius 1 is 0.452 bits per heavy atom. The highest BCUT2D eigenvalue weighted by atomic mass is 14.8. The van der Waals surface area contributed by atoms with E-state index >= 15 is 0 Å². The largest absolute Gasteiger partial charge is 0.244 e. The molecule has 0 radical (unpaired) electrons. The van der Waals surface area contributed by atoms with E-state index in [1.54, 1.807) is 0 Å². The molecular formula is C29H20N2. The molecule has 2 heteroatoms. The summed E-state index contributed by atoms with van der Waals surface area (Å²) in [5.41, 5.74) is 7.54. The van der Waals surface area contributed by atoms with E-state index in [4.69, 9.17) is 9.97 Å². The van der Waals surface area contributed by atoms with Crippen molar-refractivity contribution in [3.63, 3.8) is 0 Å². The number of para-hydroxylation sites is 2. The van der Waals surface area contributed by atoms with E-state index in [-0.39, 0.29) is 5.92 Å². The molecule has 1 aromatic heterocycles. The minimum absolute atomic E-state index is 0.116. The van der Waals surface area contributed by atoms with Gasteiger partial charge in [-0.15, -0.1) is 0 Å². The van der Waals surface area contributed by atoms with E-state index < -0.39 is 0 Å². The van der Waals surface area contributed by atoms with Crippen molar-refractivity contribution in [2.45, 2.75) is 5.92 Å². The second-order valence-corrected chi connectivity index (χ2v) is 7.85. The van der Waals surface area contributed by atoms with E-state index in [1.807, 2.05) is 24.3 Å². The van der Waals surface area contributed by atoms with Gasteiger partial charge in [-0.3, -0.25) is 0 Å². The summed E-state index contributed by atoms with van der Waals surface area (Å²) in [6, 6.07) is 40.3. The Labute approximate surface area is 180 Å². The number of hydrogen-bond acceptors (Lipinski definition) is 2. The van der Waals surface area contributed by atoms with E-state index in [9.17, 15) is 0 Å². The molecule has 0 amide bonds. The molecule has 0 atom stereocenters. The van der Waals surface area contributed by atoms with Crippen molar-refractivity contribution in [2.24, 2.45) is 0 Å². The van der Waals surface area contributed by atoms with Crippen LogP contribution in [0.25, 0.3) is 32.8 Å². The van der Waals surface area contributed by atoms with Crippen LogP contribution >= 0.6 is 0 Å². The summed E-state index contributed by atoms with van der Waals surface area (Å²) >= 11 is 0. The van der Waals surface area contributed by atoms with Crippen LogP contribution in [-0.4, -0.2) is 9.97 Å². The highest BCUT2D eigenvalue weighted by Gasteiger charge is 2.21. The van der Waals surface area contributed by atoms with Crippen LogP contribution in [0.15, 0.2) is 115 Å². The molecule has 31 heavy (non-hydrogen) atoms. The van der Waals surface area contributed by atoms with Crippen molar-refractivity contribution in [3.8, 4) is 0 Å². The first-order valence-corrected chi connectivity index (χ1v) is 10.6. The van der Waals surface area contributed by atoms with Gasteiger partial charge in [0.1, 0.15) is 0 Å². The highest BCUT2D eigenvalue weighted by Crippen LogP contribution is 2.38. The quantitative estimate of drug-likeness (QED) is 0.181. The number of hydrogen-bond donors (Lipinski definition) is 0. The SMILES string of the molecule is c1ccc(C(c2ccccc2)c2cc3nc4ccccc4nc3c3ccccc23)cc1. The molecule has 6 rings (SSSR count). The lowest BCUT2D eigenvalue weighted by molar-refractivity contribution is 0.990. The maximum Gasteiger partial charge on any atom is 0.0973 e. The van der Waals surface area contributed by atoms with E-state index in [1.165, 1.54) is 22.1 Å². The van der Waals surface area contributed by atoms with Gasteiger partial charge in [-0.25, -0.2) is 9.97 Å². The first-order chi connectivity index (χ1) is 15.4. The number of rotatable bonds is 3. The molecule has 0 fully saturated rings. The van der Waals surface area contributed by atoms with Crippen LogP contribution in [0, 0.1) is 0 Å². The molecule has 0 aliphatic carbocycles. The lowest BCUT2D eigenvalue weighted by atomic mass is 9.82. The lowest BCUT2D eigenvalue weighted by Gasteiger charge is -2.21. The van der Waals surface area contributed by atoms with Gasteiger partial charge in [-0.2, -0.15) is 0 Å². The van der Waals surface area contributed by atoms with E-state index in [0.29, 0.717) is 0 Å². The third-order valence-electron chi connectivity index (χ3n) is 5.96. The zero-order valence-electron chi connectivity index (χ0n) is 16.9. The molecule has 5 aromatic carbocycles. The van der Waals surface area contributed by atoms with Crippen molar-refractivity contribution in [1.29, 1.82) is 0 Å². The van der Waals surface area contributed by atoms with Crippen molar-refractivity contribution < 1.29 is 0 Å². The molecule has 0 unspecified atom stereocenters. The average Bonchev–Trinajstić information content (AvgIpc) is 2.84. The summed E-state index contributed by atoms with van der Waals surface area (Å²) in [5, 5.41) is 2.36. The van der Waals surface area contributed by atoms with Gasteiger partial charge in [0.15, 0.2) is 0 Å². The number of aromatic nitrogens is 2. The third-order valence-corrected chi connectivity index (χ3v) is 5.96. The molecule has 2 nitrogen and oxygen atoms in total. The van der Waals surface area contributed by atoms with Crippen LogP contribution in [-0.2, 0) is 0 Å². The van der Waals surface area contributed by atoms with E-state index in [2.05, 4.69) is 91.0 Å². The Hall–Kier alpha value is -4.04. The first kappa shape index (κ1) is 17.8. The van der Waals surface area contributed by atoms with Gasteiger partial charge in [0.25, 0.3) is 0 Å². The predicted octanol–water partition coefficient (Wildman–Crippen LogP) is 7.12. The molecule has 146 valence electrons. The molecule has 0 N–H and O–H groups in total. The normalized spacial score (nSPS) is 11.5. The zero-order chi connectivity index (χ0) is 20.6. The van der Waals surface area contributed by atoms with Crippen molar-refractivity contribution in [1.82, 2.24) is 9.97 Å². The van der Waals surface area contributed by atoms with Gasteiger partial charge in [0, 0.05) is 11.3 Å². The third kappa shape index (κ3) is 3.04. The summed E-state index contributed by atoms with van der Waals surface area (Å²) in [5.74, 6) is 0.116. The van der Waals surface area contributed by atoms with Gasteiger partial charge in [0.05, 0.1) is 22.1 Å². The Morgan fingerprint density at radius 2 is 0.968 bits per heavy atom. The fourth-order valence-electron chi connectivity index (χ4n) is 4.56. The number of benzene rings is 5. The highest BCUT2D eigenvalue weighted by molar-refractivity contribution is 6.08. The number of fused-ring (bicyclic) bond motifs is 4. The van der Waals surface area contributed by atoms with Crippen molar-refractivity contribution >= 4 is 32.8 Å². The predicted molar refractivity (Wildman–Crippen MR) is 128 cm³/mol. The lowest BCUT2D eigenvalue weighted by Crippen LogP contribution is -2.05. The maximum absolute atomic E-state index is 5.00. The molecular weight excluding hydrogens is 376 g/mol. The van der Waals surface area contributed by atoms with Crippen LogP contribution in [0.2, 0.25) is 0 Å². The Bertz CT molecular complexity index is 1480. The zero-order valence-corrected chi connectivity index (χ0v) is 16.9. The van der Waals surface area contributed by atoms with Crippen molar-refractivity contribution in [3.05, 3.63) is 132 Å². The molecule has 1 heterocycles. The summed E-state index contributed by atoms with van der Waals surface area (Å²) in [7, 11) is 0. The monoisotopic (exact) mass is 396 g/mol. The summed E-state index contributed by atoms with van der Waals surface area (Å²) in [6.07, 6.45) is 0. The fourth-order valence-corrected chi connectivity index (χ4v) is 4.56. The molecule has 0 spiro atoms. The van der Waals surface area contributed by atoms with Crippen LogP contribution in [0.3, 0.4) is 0 Å². The molecule has 0 saturated heterocycles. The van der Waals surface area contributed by atoms with Crippen molar-refractivity contribution in [2.75, 3.05) is 0 Å². The maximum atomic E-state index is 5.00. The van der Waals surface area contributed by atoms with Crippen LogP contribution < -0.4 is 0 Å². The Kier molecular flexibility index (Phi) is 4.21. The van der Waals surface area contributed by atoms with Crippen LogP contribution in [0.5, 0.6) is 0 Å². The molecule has 0 bridgehead atoms. The summed E-state index contributed by atoms with van der Waals surface area (Å²) in [4.78, 5) is 9.98. The fraction of sp³-hybridized carbons (Fsp3) is 0.0345. The van der Waals surface area contributed by atoms with Gasteiger partial charge in [-0.1, -0.05) is 97.1 Å². The second kappa shape index (κ2) is 7.33. The van der Waals surface area contributed by atoms with Crippen LogP contribution in [0.1, 0.15) is 22.6 Å². The smallest absolute Gasteiger partial charge is 0.0973 e. The molecule has 0 aliphatic heterocycles. The van der Waals surface area contributed by atoms with Gasteiger partial charge < -0.3 is 0 Å². The Morgan fingerprint density at radius 3 is 1.61 bits per heavy atom. The minimum Gasteiger partial charge on any atom is -0.244 e. The molecule has 6 aromatic rings. The van der Waals surface area contributed by atoms with Gasteiger partial charge in [0.2, 0.25) is 0 Å². The minimum atomic E-state index is 0.116. The standard InChI is InChI=1S/C29H20N2/c1-3-11-20(12-4-1)28(21-13-5-2-6-14-21)24-19-27-29(23-16-8-7-15-22(23)24)31-26-18-10-9-17-25(26)30-27/h1-19,28H. The summed E-state index contributed by atoms with van der Waals surface area (Å²) < 4.78 is 0. The Balaban J connectivity index is 1.73. The van der Waals surface area contributed by atoms with Gasteiger partial charge in [-0.05, 0) is 40.3 Å². The number of nitrogens with zero attached hydrogens (tertiary/aromatic N) is 2. The van der Waals surface area contributed by atoms with E-state index in [0.717, 1.165) is 27.5 Å². The van der Waals surface area contributed by atoms with Crippen LogP contribution in [0.4, 0.5) is 0 Å². The summed E-state index contributed by atoms with van der Waals surface area (Å²) in [6.45, 7) is 0.